The summed E-state index contributed by atoms with van der Waals surface area (Å²) in [5.41, 5.74) is 3.16. The van der Waals surface area contributed by atoms with Crippen LogP contribution in [0.15, 0.2) is 75.9 Å². The monoisotopic (exact) mass is 413 g/mol. The third-order valence-electron chi connectivity index (χ3n) is 5.81. The van der Waals surface area contributed by atoms with Gasteiger partial charge < -0.3 is 9.32 Å². The fourth-order valence-corrected chi connectivity index (χ4v) is 4.48. The predicted octanol–water partition coefficient (Wildman–Crippen LogP) is 5.29. The number of benzene rings is 3. The molecule has 5 heteroatoms. The molecule has 0 saturated carbocycles. The molecular formula is C26H20FNO3. The summed E-state index contributed by atoms with van der Waals surface area (Å²) in [5, 5.41) is 0.431. The quantitative estimate of drug-likeness (QED) is 0.458. The molecule has 4 nitrogen and oxygen atoms in total. The highest BCUT2D eigenvalue weighted by Gasteiger charge is 2.43. The summed E-state index contributed by atoms with van der Waals surface area (Å²) in [4.78, 5) is 28.6. The number of hydrogen-bond acceptors (Lipinski definition) is 3. The molecule has 4 aromatic rings. The molecule has 154 valence electrons. The smallest absolute Gasteiger partial charge is 0.291 e. The first-order chi connectivity index (χ1) is 15.0. The van der Waals surface area contributed by atoms with E-state index >= 15 is 0 Å². The molecule has 0 aliphatic carbocycles. The van der Waals surface area contributed by atoms with E-state index in [4.69, 9.17) is 4.42 Å². The number of aryl methyl sites for hydroxylation is 2. The lowest BCUT2D eigenvalue weighted by Crippen LogP contribution is -2.29. The standard InChI is InChI=1S/C26H20FNO3/c1-15-12-16(2)21-20(13-15)31-25-22(24(21)29)23(18-10-6-7-11-19(18)27)28(26(25)30)14-17-8-4-3-5-9-17/h3-13,23H,14H2,1-2H3. The average molecular weight is 413 g/mol. The van der Waals surface area contributed by atoms with Crippen molar-refractivity contribution >= 4 is 16.9 Å². The molecule has 1 aliphatic rings. The van der Waals surface area contributed by atoms with Crippen LogP contribution in [0, 0.1) is 19.7 Å². The molecule has 1 aromatic heterocycles. The van der Waals surface area contributed by atoms with E-state index in [1.807, 2.05) is 50.2 Å². The van der Waals surface area contributed by atoms with Crippen molar-refractivity contribution in [2.75, 3.05) is 0 Å². The van der Waals surface area contributed by atoms with Gasteiger partial charge in [-0.15, -0.1) is 0 Å². The second-order valence-corrected chi connectivity index (χ2v) is 7.97. The van der Waals surface area contributed by atoms with Crippen molar-refractivity contribution in [3.8, 4) is 0 Å². The summed E-state index contributed by atoms with van der Waals surface area (Å²) in [5.74, 6) is -0.886. The minimum absolute atomic E-state index is 0.00770. The zero-order chi connectivity index (χ0) is 21.7. The zero-order valence-electron chi connectivity index (χ0n) is 17.2. The van der Waals surface area contributed by atoms with Crippen LogP contribution in [-0.2, 0) is 6.54 Å². The van der Waals surface area contributed by atoms with Gasteiger partial charge in [-0.25, -0.2) is 4.39 Å². The van der Waals surface area contributed by atoms with E-state index < -0.39 is 17.8 Å². The number of nitrogens with zero attached hydrogens (tertiary/aromatic N) is 1. The van der Waals surface area contributed by atoms with Crippen LogP contribution in [0.2, 0.25) is 0 Å². The topological polar surface area (TPSA) is 50.5 Å². The van der Waals surface area contributed by atoms with Gasteiger partial charge in [0.1, 0.15) is 11.4 Å². The molecule has 0 fully saturated rings. The van der Waals surface area contributed by atoms with Gasteiger partial charge in [-0.3, -0.25) is 9.59 Å². The van der Waals surface area contributed by atoms with E-state index in [2.05, 4.69) is 0 Å². The van der Waals surface area contributed by atoms with Gasteiger partial charge in [0.2, 0.25) is 5.76 Å². The minimum Gasteiger partial charge on any atom is -0.450 e. The second-order valence-electron chi connectivity index (χ2n) is 7.97. The Morgan fingerprint density at radius 2 is 1.68 bits per heavy atom. The van der Waals surface area contributed by atoms with Crippen LogP contribution in [0.25, 0.3) is 11.0 Å². The van der Waals surface area contributed by atoms with Gasteiger partial charge in [0, 0.05) is 12.1 Å². The van der Waals surface area contributed by atoms with Crippen molar-refractivity contribution in [3.05, 3.63) is 116 Å². The molecule has 0 spiro atoms. The van der Waals surface area contributed by atoms with Gasteiger partial charge >= 0.3 is 0 Å². The van der Waals surface area contributed by atoms with Crippen LogP contribution in [0.1, 0.15) is 44.4 Å². The van der Waals surface area contributed by atoms with Crippen molar-refractivity contribution in [2.45, 2.75) is 26.4 Å². The second kappa shape index (κ2) is 7.20. The third-order valence-corrected chi connectivity index (χ3v) is 5.81. The van der Waals surface area contributed by atoms with E-state index in [0.717, 1.165) is 16.7 Å². The van der Waals surface area contributed by atoms with Crippen LogP contribution in [-0.4, -0.2) is 10.8 Å². The fraction of sp³-hybridized carbons (Fsp3) is 0.154. The molecule has 31 heavy (non-hydrogen) atoms. The summed E-state index contributed by atoms with van der Waals surface area (Å²) < 4.78 is 20.9. The van der Waals surface area contributed by atoms with E-state index in [1.165, 1.54) is 11.0 Å². The summed E-state index contributed by atoms with van der Waals surface area (Å²) in [6.07, 6.45) is 0. The maximum Gasteiger partial charge on any atom is 0.291 e. The average Bonchev–Trinajstić information content (AvgIpc) is 3.01. The highest BCUT2D eigenvalue weighted by molar-refractivity contribution is 5.99. The van der Waals surface area contributed by atoms with Crippen molar-refractivity contribution in [2.24, 2.45) is 0 Å². The van der Waals surface area contributed by atoms with Crippen LogP contribution in [0.5, 0.6) is 0 Å². The normalized spacial score (nSPS) is 15.5. The van der Waals surface area contributed by atoms with Crippen molar-refractivity contribution in [3.63, 3.8) is 0 Å². The summed E-state index contributed by atoms with van der Waals surface area (Å²) >= 11 is 0. The molecule has 1 amide bonds. The third kappa shape index (κ3) is 3.05. The first-order valence-corrected chi connectivity index (χ1v) is 10.1. The highest BCUT2D eigenvalue weighted by atomic mass is 19.1. The van der Waals surface area contributed by atoms with Crippen LogP contribution in [0.4, 0.5) is 4.39 Å². The van der Waals surface area contributed by atoms with Crippen molar-refractivity contribution in [1.29, 1.82) is 0 Å². The Hall–Kier alpha value is -3.73. The van der Waals surface area contributed by atoms with Gasteiger partial charge in [-0.2, -0.15) is 0 Å². The van der Waals surface area contributed by atoms with Gasteiger partial charge in [0.15, 0.2) is 5.43 Å². The Bertz CT molecular complexity index is 1390. The Morgan fingerprint density at radius 1 is 0.968 bits per heavy atom. The molecule has 1 unspecified atom stereocenters. The molecule has 1 atom stereocenters. The highest BCUT2D eigenvalue weighted by Crippen LogP contribution is 2.40. The number of carbonyl (C=O) groups is 1. The van der Waals surface area contributed by atoms with E-state index in [-0.39, 0.29) is 28.9 Å². The van der Waals surface area contributed by atoms with E-state index in [0.29, 0.717) is 11.0 Å². The maximum atomic E-state index is 14.9. The Kier molecular flexibility index (Phi) is 4.47. The summed E-state index contributed by atoms with van der Waals surface area (Å²) in [7, 11) is 0. The van der Waals surface area contributed by atoms with Gasteiger partial charge in [-0.05, 0) is 42.7 Å². The molecule has 0 saturated heterocycles. The molecule has 3 aromatic carbocycles. The first-order valence-electron chi connectivity index (χ1n) is 10.1. The maximum absolute atomic E-state index is 14.9. The van der Waals surface area contributed by atoms with Crippen molar-refractivity contribution < 1.29 is 13.6 Å². The molecule has 0 N–H and O–H groups in total. The van der Waals surface area contributed by atoms with E-state index in [1.54, 1.807) is 24.3 Å². The predicted molar refractivity (Wildman–Crippen MR) is 117 cm³/mol. The molecule has 5 rings (SSSR count). The van der Waals surface area contributed by atoms with Crippen LogP contribution in [0.3, 0.4) is 0 Å². The van der Waals surface area contributed by atoms with Gasteiger partial charge in [0.25, 0.3) is 5.91 Å². The Balaban J connectivity index is 1.79. The summed E-state index contributed by atoms with van der Waals surface area (Å²) in [6.45, 7) is 3.98. The Morgan fingerprint density at radius 3 is 2.42 bits per heavy atom. The first kappa shape index (κ1) is 19.2. The lowest BCUT2D eigenvalue weighted by Gasteiger charge is -2.25. The molecule has 1 aliphatic heterocycles. The number of halogens is 1. The fourth-order valence-electron chi connectivity index (χ4n) is 4.48. The van der Waals surface area contributed by atoms with Crippen LogP contribution >= 0.6 is 0 Å². The number of rotatable bonds is 3. The molecule has 2 heterocycles. The minimum atomic E-state index is -0.856. The number of fused-ring (bicyclic) bond motifs is 2. The van der Waals surface area contributed by atoms with Crippen LogP contribution < -0.4 is 5.43 Å². The lowest BCUT2D eigenvalue weighted by molar-refractivity contribution is 0.0712. The van der Waals surface area contributed by atoms with Gasteiger partial charge in [0.05, 0.1) is 17.0 Å². The largest absolute Gasteiger partial charge is 0.450 e. The number of amides is 1. The molecule has 0 radical (unpaired) electrons. The number of carbonyl (C=O) groups excluding carboxylic acids is 1. The van der Waals surface area contributed by atoms with Gasteiger partial charge in [-0.1, -0.05) is 54.6 Å². The summed E-state index contributed by atoms with van der Waals surface area (Å²) in [6, 6.07) is 18.5. The Labute approximate surface area is 178 Å². The molecule has 0 bridgehead atoms. The zero-order valence-corrected chi connectivity index (χ0v) is 17.2. The lowest BCUT2D eigenvalue weighted by atomic mass is 9.96. The van der Waals surface area contributed by atoms with E-state index in [9.17, 15) is 14.0 Å². The SMILES string of the molecule is Cc1cc(C)c2c(=O)c3c(oc2c1)C(=O)N(Cc1ccccc1)C3c1ccccc1F. The number of hydrogen-bond donors (Lipinski definition) is 0. The van der Waals surface area contributed by atoms with Crippen molar-refractivity contribution in [1.82, 2.24) is 4.90 Å². The molecular weight excluding hydrogens is 393 g/mol.